The number of carbonyl (C=O) groups is 1. The van der Waals surface area contributed by atoms with E-state index in [-0.39, 0.29) is 18.6 Å². The number of aryl methyl sites for hydroxylation is 2. The van der Waals surface area contributed by atoms with Crippen LogP contribution in [0.15, 0.2) is 18.2 Å². The van der Waals surface area contributed by atoms with Crippen LogP contribution >= 0.6 is 0 Å². The standard InChI is InChI=1S/C14H19NO3/c1-10-3-4-13(7-11(10)2)18-9-14(17)15-6-5-12(16)8-15/h3-4,7,12,16H,5-6,8-9H2,1-2H3. The van der Waals surface area contributed by atoms with Crippen molar-refractivity contribution in [2.75, 3.05) is 19.7 Å². The van der Waals surface area contributed by atoms with E-state index in [1.165, 1.54) is 5.56 Å². The van der Waals surface area contributed by atoms with Crippen molar-refractivity contribution in [2.45, 2.75) is 26.4 Å². The molecule has 4 heteroatoms. The summed E-state index contributed by atoms with van der Waals surface area (Å²) in [5.41, 5.74) is 2.35. The van der Waals surface area contributed by atoms with E-state index in [9.17, 15) is 9.90 Å². The van der Waals surface area contributed by atoms with Crippen molar-refractivity contribution in [3.05, 3.63) is 29.3 Å². The maximum atomic E-state index is 11.8. The summed E-state index contributed by atoms with van der Waals surface area (Å²) in [6.07, 6.45) is 0.283. The molecule has 1 N–H and O–H groups in total. The first kappa shape index (κ1) is 12.9. The Bertz CT molecular complexity index is 445. The van der Waals surface area contributed by atoms with Gasteiger partial charge < -0.3 is 14.7 Å². The predicted molar refractivity (Wildman–Crippen MR) is 68.6 cm³/mol. The minimum atomic E-state index is -0.379. The molecular weight excluding hydrogens is 230 g/mol. The van der Waals surface area contributed by atoms with Gasteiger partial charge in [-0.05, 0) is 43.5 Å². The minimum absolute atomic E-state index is 0.0369. The fourth-order valence-corrected chi connectivity index (χ4v) is 2.01. The zero-order chi connectivity index (χ0) is 13.1. The van der Waals surface area contributed by atoms with Crippen LogP contribution in [0.4, 0.5) is 0 Å². The van der Waals surface area contributed by atoms with Gasteiger partial charge in [-0.25, -0.2) is 0 Å². The molecule has 0 aromatic heterocycles. The van der Waals surface area contributed by atoms with E-state index >= 15 is 0 Å². The molecule has 18 heavy (non-hydrogen) atoms. The molecule has 1 heterocycles. The number of β-amino-alcohol motifs (C(OH)–C–C–N with tert-alkyl or cyclic N) is 1. The van der Waals surface area contributed by atoms with Gasteiger partial charge in [0.25, 0.3) is 5.91 Å². The van der Waals surface area contributed by atoms with Gasteiger partial charge in [0.1, 0.15) is 5.75 Å². The maximum absolute atomic E-state index is 11.8. The third-order valence-corrected chi connectivity index (χ3v) is 3.36. The SMILES string of the molecule is Cc1ccc(OCC(=O)N2CCC(O)C2)cc1C. The Hall–Kier alpha value is -1.55. The third-order valence-electron chi connectivity index (χ3n) is 3.36. The number of hydrogen-bond acceptors (Lipinski definition) is 3. The summed E-state index contributed by atoms with van der Waals surface area (Å²) in [5.74, 6) is 0.649. The predicted octanol–water partition coefficient (Wildman–Crippen LogP) is 1.28. The molecule has 1 atom stereocenters. The van der Waals surface area contributed by atoms with Crippen LogP contribution in [0.2, 0.25) is 0 Å². The van der Waals surface area contributed by atoms with Crippen LogP contribution in [0.3, 0.4) is 0 Å². The normalized spacial score (nSPS) is 19.1. The Labute approximate surface area is 107 Å². The molecule has 1 aromatic carbocycles. The molecule has 0 spiro atoms. The third kappa shape index (κ3) is 3.01. The average molecular weight is 249 g/mol. The molecule has 0 bridgehead atoms. The van der Waals surface area contributed by atoms with Gasteiger partial charge >= 0.3 is 0 Å². The molecule has 0 aliphatic carbocycles. The molecule has 4 nitrogen and oxygen atoms in total. The quantitative estimate of drug-likeness (QED) is 0.877. The number of nitrogens with zero attached hydrogens (tertiary/aromatic N) is 1. The fraction of sp³-hybridized carbons (Fsp3) is 0.500. The summed E-state index contributed by atoms with van der Waals surface area (Å²) in [7, 11) is 0. The number of amides is 1. The van der Waals surface area contributed by atoms with Crippen LogP contribution in [-0.2, 0) is 4.79 Å². The molecule has 1 aliphatic heterocycles. The molecule has 1 saturated heterocycles. The van der Waals surface area contributed by atoms with Gasteiger partial charge in [-0.2, -0.15) is 0 Å². The number of benzene rings is 1. The lowest BCUT2D eigenvalue weighted by atomic mass is 10.1. The van der Waals surface area contributed by atoms with Crippen molar-refractivity contribution in [3.8, 4) is 5.75 Å². The van der Waals surface area contributed by atoms with Crippen LogP contribution in [-0.4, -0.2) is 41.7 Å². The van der Waals surface area contributed by atoms with E-state index in [0.717, 1.165) is 5.56 Å². The molecule has 1 unspecified atom stereocenters. The van der Waals surface area contributed by atoms with Crippen LogP contribution in [0.1, 0.15) is 17.5 Å². The lowest BCUT2D eigenvalue weighted by Crippen LogP contribution is -2.33. The monoisotopic (exact) mass is 249 g/mol. The van der Waals surface area contributed by atoms with Crippen molar-refractivity contribution in [1.29, 1.82) is 0 Å². The minimum Gasteiger partial charge on any atom is -0.484 e. The number of aliphatic hydroxyl groups is 1. The highest BCUT2D eigenvalue weighted by Gasteiger charge is 2.24. The van der Waals surface area contributed by atoms with E-state index in [4.69, 9.17) is 4.74 Å². The first-order valence-electron chi connectivity index (χ1n) is 6.22. The molecular formula is C14H19NO3. The van der Waals surface area contributed by atoms with Gasteiger partial charge in [0.15, 0.2) is 6.61 Å². The zero-order valence-electron chi connectivity index (χ0n) is 10.8. The summed E-state index contributed by atoms with van der Waals surface area (Å²) in [5, 5.41) is 9.37. The van der Waals surface area contributed by atoms with E-state index in [2.05, 4.69) is 0 Å². The number of likely N-dealkylation sites (tertiary alicyclic amines) is 1. The first-order chi connectivity index (χ1) is 8.56. The van der Waals surface area contributed by atoms with Gasteiger partial charge in [0, 0.05) is 13.1 Å². The molecule has 1 aromatic rings. The average Bonchev–Trinajstić information content (AvgIpc) is 2.77. The molecule has 0 saturated carbocycles. The van der Waals surface area contributed by atoms with E-state index in [0.29, 0.717) is 25.3 Å². The summed E-state index contributed by atoms with van der Waals surface area (Å²) < 4.78 is 5.48. The van der Waals surface area contributed by atoms with Crippen LogP contribution < -0.4 is 4.74 Å². The molecule has 0 radical (unpaired) electrons. The highest BCUT2D eigenvalue weighted by Crippen LogP contribution is 2.17. The number of carbonyl (C=O) groups excluding carboxylic acids is 1. The molecule has 98 valence electrons. The Kier molecular flexibility index (Phi) is 3.87. The summed E-state index contributed by atoms with van der Waals surface area (Å²) in [4.78, 5) is 13.5. The summed E-state index contributed by atoms with van der Waals surface area (Å²) >= 11 is 0. The number of rotatable bonds is 3. The van der Waals surface area contributed by atoms with Gasteiger partial charge in [-0.15, -0.1) is 0 Å². The smallest absolute Gasteiger partial charge is 0.260 e. The highest BCUT2D eigenvalue weighted by atomic mass is 16.5. The van der Waals surface area contributed by atoms with Crippen molar-refractivity contribution in [1.82, 2.24) is 4.90 Å². The second-order valence-electron chi connectivity index (χ2n) is 4.82. The Morgan fingerprint density at radius 2 is 2.22 bits per heavy atom. The molecule has 1 fully saturated rings. The number of ether oxygens (including phenoxy) is 1. The fourth-order valence-electron chi connectivity index (χ4n) is 2.01. The second-order valence-corrected chi connectivity index (χ2v) is 4.82. The number of aliphatic hydroxyl groups excluding tert-OH is 1. The van der Waals surface area contributed by atoms with Gasteiger partial charge in [-0.1, -0.05) is 6.07 Å². The largest absolute Gasteiger partial charge is 0.484 e. The summed E-state index contributed by atoms with van der Waals surface area (Å²) in [6.45, 7) is 5.14. The van der Waals surface area contributed by atoms with Crippen molar-refractivity contribution in [3.63, 3.8) is 0 Å². The molecule has 2 rings (SSSR count). The topological polar surface area (TPSA) is 49.8 Å². The van der Waals surface area contributed by atoms with E-state index in [1.807, 2.05) is 32.0 Å². The Morgan fingerprint density at radius 3 is 2.83 bits per heavy atom. The van der Waals surface area contributed by atoms with Crippen molar-refractivity contribution < 1.29 is 14.6 Å². The maximum Gasteiger partial charge on any atom is 0.260 e. The van der Waals surface area contributed by atoms with Gasteiger partial charge in [0.05, 0.1) is 6.10 Å². The highest BCUT2D eigenvalue weighted by molar-refractivity contribution is 5.78. The lowest BCUT2D eigenvalue weighted by Gasteiger charge is -2.16. The Balaban J connectivity index is 1.87. The summed E-state index contributed by atoms with van der Waals surface area (Å²) in [6, 6.07) is 5.78. The molecule has 1 amide bonds. The Morgan fingerprint density at radius 1 is 1.44 bits per heavy atom. The second kappa shape index (κ2) is 5.40. The van der Waals surface area contributed by atoms with Gasteiger partial charge in [-0.3, -0.25) is 4.79 Å². The van der Waals surface area contributed by atoms with Crippen LogP contribution in [0.5, 0.6) is 5.75 Å². The molecule has 1 aliphatic rings. The van der Waals surface area contributed by atoms with Crippen molar-refractivity contribution >= 4 is 5.91 Å². The van der Waals surface area contributed by atoms with Crippen LogP contribution in [0.25, 0.3) is 0 Å². The lowest BCUT2D eigenvalue weighted by molar-refractivity contribution is -0.132. The van der Waals surface area contributed by atoms with Crippen LogP contribution in [0, 0.1) is 13.8 Å². The van der Waals surface area contributed by atoms with E-state index < -0.39 is 0 Å². The zero-order valence-corrected chi connectivity index (χ0v) is 10.8. The van der Waals surface area contributed by atoms with E-state index in [1.54, 1.807) is 4.90 Å². The first-order valence-corrected chi connectivity index (χ1v) is 6.22. The van der Waals surface area contributed by atoms with Crippen molar-refractivity contribution in [2.24, 2.45) is 0 Å². The number of hydrogen-bond donors (Lipinski definition) is 1. The van der Waals surface area contributed by atoms with Gasteiger partial charge in [0.2, 0.25) is 0 Å².